The van der Waals surface area contributed by atoms with Crippen LogP contribution in [0.4, 0.5) is 0 Å². The van der Waals surface area contributed by atoms with Crippen LogP contribution >= 0.6 is 0 Å². The van der Waals surface area contributed by atoms with Crippen LogP contribution < -0.4 is 4.74 Å². The van der Waals surface area contributed by atoms with E-state index in [0.29, 0.717) is 0 Å². The first-order valence-corrected chi connectivity index (χ1v) is 4.62. The van der Waals surface area contributed by atoms with Gasteiger partial charge in [0, 0.05) is 17.8 Å². The number of hydrogen-bond acceptors (Lipinski definition) is 3. The second kappa shape index (κ2) is 4.14. The van der Waals surface area contributed by atoms with Crippen molar-refractivity contribution in [2.45, 2.75) is 6.61 Å². The molecule has 0 aliphatic rings. The molecule has 4 nitrogen and oxygen atoms in total. The van der Waals surface area contributed by atoms with E-state index in [-0.39, 0.29) is 6.61 Å². The quantitative estimate of drug-likeness (QED) is 0.821. The third kappa shape index (κ3) is 1.99. The van der Waals surface area contributed by atoms with E-state index < -0.39 is 0 Å². The van der Waals surface area contributed by atoms with Gasteiger partial charge in [-0.15, -0.1) is 0 Å². The molecule has 0 aliphatic heterocycles. The topological polar surface area (TPSA) is 47.3 Å². The molecular formula is C11H12N2O2. The lowest BCUT2D eigenvalue weighted by molar-refractivity contribution is 0.282. The molecule has 0 radical (unpaired) electrons. The molecule has 15 heavy (non-hydrogen) atoms. The Morgan fingerprint density at radius 1 is 1.47 bits per heavy atom. The summed E-state index contributed by atoms with van der Waals surface area (Å²) in [5, 5.41) is 13.1. The van der Waals surface area contributed by atoms with Crippen LogP contribution in [0, 0.1) is 0 Å². The number of benzene rings is 1. The smallest absolute Gasteiger partial charge is 0.121 e. The first-order valence-electron chi connectivity index (χ1n) is 4.62. The Balaban J connectivity index is 2.35. The molecule has 0 saturated heterocycles. The standard InChI is InChI=1S/C11H12N2O2/c1-15-11-4-2-3-10(5-11)13-7-9(8-14)6-12-13/h2-7,14H,8H2,1H3. The summed E-state index contributed by atoms with van der Waals surface area (Å²) in [6.07, 6.45) is 3.42. The van der Waals surface area contributed by atoms with Crippen LogP contribution in [0.25, 0.3) is 5.69 Å². The molecule has 0 aliphatic carbocycles. The van der Waals surface area contributed by atoms with Gasteiger partial charge in [0.25, 0.3) is 0 Å². The Labute approximate surface area is 87.7 Å². The van der Waals surface area contributed by atoms with Gasteiger partial charge in [0.1, 0.15) is 5.75 Å². The number of nitrogens with zero attached hydrogens (tertiary/aromatic N) is 2. The van der Waals surface area contributed by atoms with Crippen molar-refractivity contribution in [3.8, 4) is 11.4 Å². The maximum atomic E-state index is 8.92. The maximum Gasteiger partial charge on any atom is 0.121 e. The fourth-order valence-corrected chi connectivity index (χ4v) is 1.34. The number of methoxy groups -OCH3 is 1. The van der Waals surface area contributed by atoms with Crippen LogP contribution in [-0.2, 0) is 6.61 Å². The molecule has 4 heteroatoms. The van der Waals surface area contributed by atoms with Crippen molar-refractivity contribution in [2.24, 2.45) is 0 Å². The second-order valence-corrected chi connectivity index (χ2v) is 3.15. The molecule has 1 aromatic heterocycles. The summed E-state index contributed by atoms with van der Waals surface area (Å²) in [5.41, 5.74) is 1.70. The molecule has 1 N–H and O–H groups in total. The van der Waals surface area contributed by atoms with E-state index in [1.165, 1.54) is 0 Å². The van der Waals surface area contributed by atoms with Crippen LogP contribution in [0.5, 0.6) is 5.75 Å². The Bertz CT molecular complexity index is 451. The molecule has 0 saturated carbocycles. The summed E-state index contributed by atoms with van der Waals surface area (Å²) in [6.45, 7) is 0.00394. The van der Waals surface area contributed by atoms with Gasteiger partial charge >= 0.3 is 0 Å². The summed E-state index contributed by atoms with van der Waals surface area (Å²) in [7, 11) is 1.63. The highest BCUT2D eigenvalue weighted by Gasteiger charge is 2.00. The molecule has 0 amide bonds. The molecule has 0 bridgehead atoms. The van der Waals surface area contributed by atoms with Crippen LogP contribution in [-0.4, -0.2) is 22.0 Å². The third-order valence-corrected chi connectivity index (χ3v) is 2.14. The van der Waals surface area contributed by atoms with Crippen molar-refractivity contribution in [1.29, 1.82) is 0 Å². The average Bonchev–Trinajstić information content (AvgIpc) is 2.78. The minimum atomic E-state index is 0.00394. The number of aliphatic hydroxyl groups excluding tert-OH is 1. The highest BCUT2D eigenvalue weighted by Crippen LogP contribution is 2.16. The predicted molar refractivity (Wildman–Crippen MR) is 56.0 cm³/mol. The monoisotopic (exact) mass is 204 g/mol. The van der Waals surface area contributed by atoms with Crippen LogP contribution in [0.15, 0.2) is 36.7 Å². The maximum absolute atomic E-state index is 8.92. The fourth-order valence-electron chi connectivity index (χ4n) is 1.34. The molecule has 0 fully saturated rings. The summed E-state index contributed by atoms with van der Waals surface area (Å²) < 4.78 is 6.82. The van der Waals surface area contributed by atoms with E-state index in [4.69, 9.17) is 9.84 Å². The molecule has 1 heterocycles. The minimum Gasteiger partial charge on any atom is -0.497 e. The zero-order valence-electron chi connectivity index (χ0n) is 8.42. The normalized spacial score (nSPS) is 10.3. The van der Waals surface area contributed by atoms with Crippen LogP contribution in [0.1, 0.15) is 5.56 Å². The number of rotatable bonds is 3. The first-order chi connectivity index (χ1) is 7.33. The summed E-state index contributed by atoms with van der Waals surface area (Å²) in [6, 6.07) is 7.58. The van der Waals surface area contributed by atoms with E-state index in [0.717, 1.165) is 17.0 Å². The lowest BCUT2D eigenvalue weighted by Crippen LogP contribution is -1.94. The number of ether oxygens (including phenoxy) is 1. The minimum absolute atomic E-state index is 0.00394. The van der Waals surface area contributed by atoms with Gasteiger partial charge in [-0.25, -0.2) is 4.68 Å². The third-order valence-electron chi connectivity index (χ3n) is 2.14. The number of aliphatic hydroxyl groups is 1. The van der Waals surface area contributed by atoms with Gasteiger partial charge in [-0.05, 0) is 12.1 Å². The van der Waals surface area contributed by atoms with Gasteiger partial charge in [0.15, 0.2) is 0 Å². The molecule has 0 spiro atoms. The Kier molecular flexibility index (Phi) is 2.69. The molecular weight excluding hydrogens is 192 g/mol. The van der Waals surface area contributed by atoms with Crippen molar-refractivity contribution < 1.29 is 9.84 Å². The lowest BCUT2D eigenvalue weighted by Gasteiger charge is -2.03. The van der Waals surface area contributed by atoms with Crippen molar-refractivity contribution in [1.82, 2.24) is 9.78 Å². The fraction of sp³-hybridized carbons (Fsp3) is 0.182. The van der Waals surface area contributed by atoms with Gasteiger partial charge in [-0.2, -0.15) is 5.10 Å². The molecule has 2 rings (SSSR count). The lowest BCUT2D eigenvalue weighted by atomic mass is 10.3. The van der Waals surface area contributed by atoms with Crippen LogP contribution in [0.3, 0.4) is 0 Å². The van der Waals surface area contributed by atoms with E-state index in [1.807, 2.05) is 24.3 Å². The first kappa shape index (κ1) is 9.73. The van der Waals surface area contributed by atoms with Crippen molar-refractivity contribution in [2.75, 3.05) is 7.11 Å². The van der Waals surface area contributed by atoms with Crippen molar-refractivity contribution in [3.63, 3.8) is 0 Å². The van der Waals surface area contributed by atoms with Crippen molar-refractivity contribution >= 4 is 0 Å². The Morgan fingerprint density at radius 2 is 2.33 bits per heavy atom. The molecule has 0 atom stereocenters. The summed E-state index contributed by atoms with van der Waals surface area (Å²) in [5.74, 6) is 0.786. The zero-order chi connectivity index (χ0) is 10.7. The largest absolute Gasteiger partial charge is 0.497 e. The SMILES string of the molecule is COc1cccc(-n2cc(CO)cn2)c1. The molecule has 0 unspecified atom stereocenters. The molecule has 2 aromatic rings. The van der Waals surface area contributed by atoms with Gasteiger partial charge in [0.05, 0.1) is 25.6 Å². The highest BCUT2D eigenvalue weighted by atomic mass is 16.5. The van der Waals surface area contributed by atoms with Gasteiger partial charge < -0.3 is 9.84 Å². The molecule has 1 aromatic carbocycles. The Morgan fingerprint density at radius 3 is 3.00 bits per heavy atom. The van der Waals surface area contributed by atoms with Gasteiger partial charge in [-0.3, -0.25) is 0 Å². The van der Waals surface area contributed by atoms with Gasteiger partial charge in [0.2, 0.25) is 0 Å². The average molecular weight is 204 g/mol. The summed E-state index contributed by atoms with van der Waals surface area (Å²) >= 11 is 0. The van der Waals surface area contributed by atoms with E-state index in [9.17, 15) is 0 Å². The number of hydrogen-bond donors (Lipinski definition) is 1. The highest BCUT2D eigenvalue weighted by molar-refractivity contribution is 5.38. The zero-order valence-corrected chi connectivity index (χ0v) is 8.42. The number of aromatic nitrogens is 2. The summed E-state index contributed by atoms with van der Waals surface area (Å²) in [4.78, 5) is 0. The Hall–Kier alpha value is -1.81. The van der Waals surface area contributed by atoms with E-state index in [1.54, 1.807) is 24.2 Å². The second-order valence-electron chi connectivity index (χ2n) is 3.15. The van der Waals surface area contributed by atoms with E-state index in [2.05, 4.69) is 5.10 Å². The van der Waals surface area contributed by atoms with Gasteiger partial charge in [-0.1, -0.05) is 6.07 Å². The predicted octanol–water partition coefficient (Wildman–Crippen LogP) is 1.37. The van der Waals surface area contributed by atoms with Crippen molar-refractivity contribution in [3.05, 3.63) is 42.2 Å². The van der Waals surface area contributed by atoms with Crippen LogP contribution in [0.2, 0.25) is 0 Å². The van der Waals surface area contributed by atoms with E-state index >= 15 is 0 Å². The molecule has 78 valence electrons.